The molecule has 0 bridgehead atoms. The predicted octanol–water partition coefficient (Wildman–Crippen LogP) is 7.66. The van der Waals surface area contributed by atoms with Crippen molar-refractivity contribution in [1.29, 1.82) is 0 Å². The normalized spacial score (nSPS) is 20.9. The van der Waals surface area contributed by atoms with Crippen LogP contribution >= 0.6 is 0 Å². The van der Waals surface area contributed by atoms with E-state index in [9.17, 15) is 0 Å². The van der Waals surface area contributed by atoms with Crippen LogP contribution in [0.1, 0.15) is 54.4 Å². The quantitative estimate of drug-likeness (QED) is 0.255. The van der Waals surface area contributed by atoms with Crippen LogP contribution in [-0.2, 0) is 15.9 Å². The smallest absolute Gasteiger partial charge is 0.192 e. The summed E-state index contributed by atoms with van der Waals surface area (Å²) >= 11 is 0. The Morgan fingerprint density at radius 2 is 1.55 bits per heavy atom. The van der Waals surface area contributed by atoms with E-state index in [1.54, 1.807) is 6.33 Å². The summed E-state index contributed by atoms with van der Waals surface area (Å²) in [5, 5.41) is 0.335. The van der Waals surface area contributed by atoms with Crippen molar-refractivity contribution in [1.82, 2.24) is 19.5 Å². The van der Waals surface area contributed by atoms with Crippen molar-refractivity contribution < 1.29 is 8.85 Å². The highest BCUT2D eigenvalue weighted by atomic mass is 28.4. The van der Waals surface area contributed by atoms with Gasteiger partial charge in [0.15, 0.2) is 33.6 Å². The zero-order chi connectivity index (χ0) is 29.7. The molecule has 1 aromatic carbocycles. The monoisotopic (exact) mass is 581 g/mol. The van der Waals surface area contributed by atoms with Gasteiger partial charge in [0.05, 0.1) is 6.10 Å². The zero-order valence-electron chi connectivity index (χ0n) is 26.9. The lowest BCUT2D eigenvalue weighted by molar-refractivity contribution is 0.101. The van der Waals surface area contributed by atoms with E-state index in [1.807, 2.05) is 25.2 Å². The molecule has 3 aromatic rings. The minimum Gasteiger partial charge on any atom is -0.416 e. The number of anilines is 1. The Morgan fingerprint density at radius 1 is 0.925 bits per heavy atom. The van der Waals surface area contributed by atoms with Crippen molar-refractivity contribution in [2.75, 3.05) is 18.6 Å². The minimum atomic E-state index is -1.96. The fourth-order valence-corrected chi connectivity index (χ4v) is 7.51. The molecule has 0 spiro atoms. The molecule has 0 unspecified atom stereocenters. The van der Waals surface area contributed by atoms with Crippen LogP contribution in [0.2, 0.25) is 36.3 Å². The van der Waals surface area contributed by atoms with Gasteiger partial charge in [-0.1, -0.05) is 71.9 Å². The fourth-order valence-electron chi connectivity index (χ4n) is 5.04. The summed E-state index contributed by atoms with van der Waals surface area (Å²) in [5.74, 6) is 2.12. The second-order valence-electron chi connectivity index (χ2n) is 14.7. The first-order chi connectivity index (χ1) is 18.4. The average molecular weight is 582 g/mol. The highest BCUT2D eigenvalue weighted by Crippen LogP contribution is 2.44. The van der Waals surface area contributed by atoms with Crippen LogP contribution < -0.4 is 4.90 Å². The number of aromatic nitrogens is 4. The van der Waals surface area contributed by atoms with Crippen LogP contribution in [0.4, 0.5) is 5.82 Å². The highest BCUT2D eigenvalue weighted by molar-refractivity contribution is 6.74. The van der Waals surface area contributed by atoms with Gasteiger partial charge < -0.3 is 18.3 Å². The second kappa shape index (κ2) is 11.0. The van der Waals surface area contributed by atoms with E-state index in [0.717, 1.165) is 47.8 Å². The van der Waals surface area contributed by atoms with Gasteiger partial charge in [0.2, 0.25) is 0 Å². The molecule has 3 atom stereocenters. The molecule has 1 saturated carbocycles. The van der Waals surface area contributed by atoms with Gasteiger partial charge in [-0.05, 0) is 49.1 Å². The number of nitrogens with zero attached hydrogens (tertiary/aromatic N) is 5. The Kier molecular flexibility index (Phi) is 8.46. The number of hydrogen-bond donors (Lipinski definition) is 0. The molecule has 1 aliphatic carbocycles. The van der Waals surface area contributed by atoms with E-state index in [4.69, 9.17) is 18.8 Å². The molecule has 0 radical (unpaired) electrons. The molecule has 220 valence electrons. The van der Waals surface area contributed by atoms with Gasteiger partial charge in [0.1, 0.15) is 12.2 Å². The van der Waals surface area contributed by atoms with Gasteiger partial charge in [0.25, 0.3) is 0 Å². The molecule has 2 heterocycles. The Hall–Kier alpha value is -2.08. The van der Waals surface area contributed by atoms with E-state index in [0.29, 0.717) is 5.92 Å². The maximum atomic E-state index is 7.11. The lowest BCUT2D eigenvalue weighted by atomic mass is 10.1. The Morgan fingerprint density at radius 3 is 2.15 bits per heavy atom. The van der Waals surface area contributed by atoms with Gasteiger partial charge in [-0.25, -0.2) is 15.0 Å². The second-order valence-corrected chi connectivity index (χ2v) is 24.3. The molecule has 0 aliphatic heterocycles. The summed E-state index contributed by atoms with van der Waals surface area (Å²) in [4.78, 5) is 16.7. The first-order valence-electron chi connectivity index (χ1n) is 14.7. The highest BCUT2D eigenvalue weighted by Gasteiger charge is 2.46. The van der Waals surface area contributed by atoms with Crippen LogP contribution in [0.3, 0.4) is 0 Å². The molecule has 40 heavy (non-hydrogen) atoms. The third-order valence-corrected chi connectivity index (χ3v) is 18.9. The van der Waals surface area contributed by atoms with Crippen molar-refractivity contribution in [3.63, 3.8) is 0 Å². The fraction of sp³-hybridized carbons (Fsp3) is 0.645. The van der Waals surface area contributed by atoms with E-state index in [1.165, 1.54) is 0 Å². The van der Waals surface area contributed by atoms with Crippen molar-refractivity contribution in [2.24, 2.45) is 13.0 Å². The lowest BCUT2D eigenvalue weighted by Crippen LogP contribution is -2.46. The van der Waals surface area contributed by atoms with Gasteiger partial charge in [-0.3, -0.25) is 0 Å². The van der Waals surface area contributed by atoms with E-state index in [-0.39, 0.29) is 22.2 Å². The Bertz CT molecular complexity index is 1310. The Balaban J connectivity index is 1.64. The third kappa shape index (κ3) is 6.08. The van der Waals surface area contributed by atoms with E-state index < -0.39 is 16.6 Å². The number of benzene rings is 1. The molecule has 7 nitrogen and oxygen atoms in total. The maximum Gasteiger partial charge on any atom is 0.192 e. The number of fused-ring (bicyclic) bond motifs is 1. The first-order valence-corrected chi connectivity index (χ1v) is 20.5. The summed E-state index contributed by atoms with van der Waals surface area (Å²) in [6.07, 6.45) is 3.80. The molecule has 4 rings (SSSR count). The first kappa shape index (κ1) is 30.9. The van der Waals surface area contributed by atoms with Crippen molar-refractivity contribution in [3.05, 3.63) is 36.7 Å². The largest absolute Gasteiger partial charge is 0.416 e. The summed E-state index contributed by atoms with van der Waals surface area (Å²) in [5.41, 5.74) is 2.76. The molecule has 1 fully saturated rings. The van der Waals surface area contributed by atoms with Gasteiger partial charge in [0, 0.05) is 38.2 Å². The third-order valence-electron chi connectivity index (χ3n) is 9.87. The topological polar surface area (TPSA) is 65.3 Å². The SMILES string of the molecule is CN(c1ncnc2c1nc(-c1ccccc1)n2C)[C@@H]1C[C@@H](CO[Si](C)(C)C(C)(C)C)[C@@H](O[Si](C)(C)C(C)(C)C)C1. The number of rotatable bonds is 8. The summed E-state index contributed by atoms with van der Waals surface area (Å²) in [7, 11) is 0.356. The van der Waals surface area contributed by atoms with Gasteiger partial charge >= 0.3 is 0 Å². The molecule has 9 heteroatoms. The summed E-state index contributed by atoms with van der Waals surface area (Å²) in [6, 6.07) is 10.6. The number of aryl methyl sites for hydroxylation is 1. The summed E-state index contributed by atoms with van der Waals surface area (Å²) < 4.78 is 16.0. The molecular weight excluding hydrogens is 531 g/mol. The van der Waals surface area contributed by atoms with Crippen LogP contribution in [0.15, 0.2) is 36.7 Å². The molecule has 1 aliphatic rings. The molecule has 2 aromatic heterocycles. The number of imidazole rings is 1. The number of hydrogen-bond acceptors (Lipinski definition) is 6. The van der Waals surface area contributed by atoms with Gasteiger partial charge in [-0.15, -0.1) is 0 Å². The zero-order valence-corrected chi connectivity index (χ0v) is 28.9. The molecular formula is C31H51N5O2Si2. The van der Waals surface area contributed by atoms with Crippen molar-refractivity contribution in [2.45, 2.75) is 103 Å². The van der Waals surface area contributed by atoms with Crippen LogP contribution in [0.5, 0.6) is 0 Å². The van der Waals surface area contributed by atoms with Crippen LogP contribution in [0.25, 0.3) is 22.6 Å². The maximum absolute atomic E-state index is 7.11. The van der Waals surface area contributed by atoms with Crippen LogP contribution in [0, 0.1) is 5.92 Å². The molecule has 0 N–H and O–H groups in total. The molecule has 0 amide bonds. The van der Waals surface area contributed by atoms with Crippen molar-refractivity contribution in [3.8, 4) is 11.4 Å². The van der Waals surface area contributed by atoms with E-state index in [2.05, 4.69) is 101 Å². The standard InChI is InChI=1S/C31H51N5O2Si2/c1-30(2,3)39(9,10)37-20-23-18-24(19-25(23)38-40(11,12)31(4,5)6)35(7)28-26-29(33-21-32-28)36(8)27(34-26)22-16-14-13-15-17-22/h13-17,21,23-25H,18-20H2,1-12H3/t23-,24+,25-/m0/s1. The van der Waals surface area contributed by atoms with Crippen molar-refractivity contribution >= 4 is 33.6 Å². The minimum absolute atomic E-state index is 0.155. The molecule has 0 saturated heterocycles. The van der Waals surface area contributed by atoms with Crippen LogP contribution in [-0.4, -0.2) is 62.0 Å². The summed E-state index contributed by atoms with van der Waals surface area (Å²) in [6.45, 7) is 24.1. The van der Waals surface area contributed by atoms with Gasteiger partial charge in [-0.2, -0.15) is 0 Å². The lowest BCUT2D eigenvalue weighted by Gasteiger charge is -2.41. The van der Waals surface area contributed by atoms with E-state index >= 15 is 0 Å². The Labute approximate surface area is 244 Å². The predicted molar refractivity (Wildman–Crippen MR) is 172 cm³/mol. The average Bonchev–Trinajstić information content (AvgIpc) is 3.42.